The van der Waals surface area contributed by atoms with Gasteiger partial charge in [0.05, 0.1) is 34.4 Å². The molecule has 1 aromatic heterocycles. The fourth-order valence-corrected chi connectivity index (χ4v) is 10.1. The lowest BCUT2D eigenvalue weighted by Crippen LogP contribution is -2.49. The van der Waals surface area contributed by atoms with Crippen LogP contribution in [0.25, 0.3) is 0 Å². The number of rotatable bonds is 8. The van der Waals surface area contributed by atoms with E-state index < -0.39 is 11.2 Å². The Morgan fingerprint density at radius 3 is 2.61 bits per heavy atom. The third-order valence-electron chi connectivity index (χ3n) is 8.98. The Morgan fingerprint density at radius 2 is 1.78 bits per heavy atom. The highest BCUT2D eigenvalue weighted by atomic mass is 32.2. The maximum absolute atomic E-state index is 13.8. The fourth-order valence-electron chi connectivity index (χ4n) is 6.63. The molecule has 3 amide bonds. The van der Waals surface area contributed by atoms with Crippen LogP contribution in [0, 0.1) is 0 Å². The first-order chi connectivity index (χ1) is 23.9. The summed E-state index contributed by atoms with van der Waals surface area (Å²) in [6.07, 6.45) is 10.7. The largest absolute Gasteiger partial charge is 0.462 e. The highest BCUT2D eigenvalue weighted by molar-refractivity contribution is 8.00. The lowest BCUT2D eigenvalue weighted by atomic mass is 9.83. The van der Waals surface area contributed by atoms with E-state index in [1.165, 1.54) is 28.7 Å². The number of carbonyl (C=O) groups is 3. The minimum absolute atomic E-state index is 0.0992. The molecule has 0 radical (unpaired) electrons. The average molecular weight is 708 g/mol. The zero-order valence-electron chi connectivity index (χ0n) is 27.3. The van der Waals surface area contributed by atoms with Crippen molar-refractivity contribution in [1.29, 1.82) is 0 Å². The van der Waals surface area contributed by atoms with Gasteiger partial charge in [-0.3, -0.25) is 9.69 Å². The van der Waals surface area contributed by atoms with E-state index in [-0.39, 0.29) is 29.8 Å². The molecular formula is C39H37N3O4S3. The lowest BCUT2D eigenvalue weighted by Gasteiger charge is -2.40. The van der Waals surface area contributed by atoms with Gasteiger partial charge in [0, 0.05) is 20.4 Å². The Bertz CT molecular complexity index is 1940. The van der Waals surface area contributed by atoms with E-state index in [0.717, 1.165) is 45.2 Å². The number of hydrogen-bond donors (Lipinski definition) is 2. The molecule has 0 saturated heterocycles. The number of para-hydroxylation sites is 1. The molecule has 2 N–H and O–H groups in total. The standard InChI is InChI=1S/C39H37N3O4S3/c1-3-46-38(44)35-29-21-20-26(25-12-5-4-6-13-25)22-34(29)49-37(35)41-36(43)24(2)47-28-15-11-14-27(23-28)40-39(45)42-30-16-7-9-18-32(30)48-33-19-10-8-17-31(33)42/h4-19,23-24,26,30,32H,3,20-22H2,1-2H3,(H,40,45)(H,41,43). The van der Waals surface area contributed by atoms with Crippen molar-refractivity contribution in [3.63, 3.8) is 0 Å². The fraction of sp³-hybridized carbons (Fsp3) is 0.256. The highest BCUT2D eigenvalue weighted by Gasteiger charge is 2.37. The van der Waals surface area contributed by atoms with Gasteiger partial charge in [-0.2, -0.15) is 0 Å². The Kier molecular flexibility index (Phi) is 9.98. The van der Waals surface area contributed by atoms with Gasteiger partial charge >= 0.3 is 12.0 Å². The van der Waals surface area contributed by atoms with E-state index in [4.69, 9.17) is 4.74 Å². The second-order valence-electron chi connectivity index (χ2n) is 12.2. The number of hydrogen-bond acceptors (Lipinski definition) is 7. The Balaban J connectivity index is 1.05. The number of thiophene rings is 1. The molecule has 4 aromatic rings. The minimum atomic E-state index is -0.469. The first kappa shape index (κ1) is 33.3. The molecule has 1 aliphatic heterocycles. The Hall–Kier alpha value is -4.25. The van der Waals surface area contributed by atoms with E-state index in [2.05, 4.69) is 53.1 Å². The summed E-state index contributed by atoms with van der Waals surface area (Å²) in [5.41, 5.74) is 4.31. The number of nitrogens with zero attached hydrogens (tertiary/aromatic N) is 1. The van der Waals surface area contributed by atoms with Crippen LogP contribution in [0.1, 0.15) is 52.5 Å². The number of allylic oxidation sites excluding steroid dienone is 2. The molecule has 0 spiro atoms. The maximum Gasteiger partial charge on any atom is 0.341 e. The summed E-state index contributed by atoms with van der Waals surface area (Å²) >= 11 is 4.65. The number of ether oxygens (including phenoxy) is 1. The van der Waals surface area contributed by atoms with Crippen LogP contribution in [0.4, 0.5) is 21.2 Å². The second-order valence-corrected chi connectivity index (χ2v) is 15.9. The van der Waals surface area contributed by atoms with Crippen LogP contribution >= 0.6 is 34.9 Å². The molecule has 2 heterocycles. The molecule has 7 rings (SSSR count). The van der Waals surface area contributed by atoms with Crippen LogP contribution in [-0.4, -0.2) is 41.1 Å². The third kappa shape index (κ3) is 7.08. The smallest absolute Gasteiger partial charge is 0.341 e. The van der Waals surface area contributed by atoms with Gasteiger partial charge < -0.3 is 15.4 Å². The van der Waals surface area contributed by atoms with E-state index >= 15 is 0 Å². The molecule has 0 fully saturated rings. The molecule has 4 unspecified atom stereocenters. The first-order valence-electron chi connectivity index (χ1n) is 16.5. The highest BCUT2D eigenvalue weighted by Crippen LogP contribution is 2.45. The molecule has 3 aromatic carbocycles. The quantitative estimate of drug-likeness (QED) is 0.140. The van der Waals surface area contributed by atoms with Crippen molar-refractivity contribution in [3.05, 3.63) is 125 Å². The number of esters is 1. The van der Waals surface area contributed by atoms with Crippen molar-refractivity contribution >= 4 is 69.1 Å². The van der Waals surface area contributed by atoms with Crippen molar-refractivity contribution in [2.45, 2.75) is 65.4 Å². The van der Waals surface area contributed by atoms with Gasteiger partial charge in [0.1, 0.15) is 5.00 Å². The van der Waals surface area contributed by atoms with Crippen LogP contribution in [0.2, 0.25) is 0 Å². The second kappa shape index (κ2) is 14.7. The van der Waals surface area contributed by atoms with Crippen molar-refractivity contribution in [1.82, 2.24) is 0 Å². The summed E-state index contributed by atoms with van der Waals surface area (Å²) in [6, 6.07) is 25.7. The number of amides is 3. The van der Waals surface area contributed by atoms with Crippen molar-refractivity contribution in [2.75, 3.05) is 22.1 Å². The lowest BCUT2D eigenvalue weighted by molar-refractivity contribution is -0.115. The summed E-state index contributed by atoms with van der Waals surface area (Å²) in [6.45, 7) is 3.90. The van der Waals surface area contributed by atoms with E-state index in [1.807, 2.05) is 72.5 Å². The average Bonchev–Trinajstić information content (AvgIpc) is 3.48. The van der Waals surface area contributed by atoms with Gasteiger partial charge in [-0.1, -0.05) is 72.8 Å². The molecule has 49 heavy (non-hydrogen) atoms. The number of urea groups is 1. The van der Waals surface area contributed by atoms with Crippen LogP contribution < -0.4 is 15.5 Å². The monoisotopic (exact) mass is 707 g/mol. The molecule has 2 aliphatic carbocycles. The molecular weight excluding hydrogens is 671 g/mol. The van der Waals surface area contributed by atoms with Gasteiger partial charge in [-0.05, 0) is 80.5 Å². The predicted molar refractivity (Wildman–Crippen MR) is 202 cm³/mol. The van der Waals surface area contributed by atoms with Gasteiger partial charge in [-0.15, -0.1) is 34.9 Å². The van der Waals surface area contributed by atoms with Gasteiger partial charge in [0.25, 0.3) is 0 Å². The summed E-state index contributed by atoms with van der Waals surface area (Å²) in [5, 5.41) is 6.40. The molecule has 0 saturated carbocycles. The van der Waals surface area contributed by atoms with Gasteiger partial charge in [0.15, 0.2) is 0 Å². The van der Waals surface area contributed by atoms with E-state index in [1.54, 1.807) is 18.7 Å². The van der Waals surface area contributed by atoms with Gasteiger partial charge in [0.2, 0.25) is 5.91 Å². The van der Waals surface area contributed by atoms with Crippen LogP contribution in [0.3, 0.4) is 0 Å². The van der Waals surface area contributed by atoms with E-state index in [0.29, 0.717) is 22.2 Å². The van der Waals surface area contributed by atoms with Crippen molar-refractivity contribution in [2.24, 2.45) is 0 Å². The zero-order valence-corrected chi connectivity index (χ0v) is 29.7. The molecule has 7 nitrogen and oxygen atoms in total. The zero-order chi connectivity index (χ0) is 33.9. The summed E-state index contributed by atoms with van der Waals surface area (Å²) in [5.74, 6) is -0.221. The summed E-state index contributed by atoms with van der Waals surface area (Å²) in [4.78, 5) is 45.4. The van der Waals surface area contributed by atoms with Crippen molar-refractivity contribution < 1.29 is 19.1 Å². The molecule has 250 valence electrons. The maximum atomic E-state index is 13.8. The van der Waals surface area contributed by atoms with Crippen LogP contribution in [0.15, 0.2) is 113 Å². The summed E-state index contributed by atoms with van der Waals surface area (Å²) < 4.78 is 5.44. The van der Waals surface area contributed by atoms with Crippen LogP contribution in [-0.2, 0) is 22.4 Å². The van der Waals surface area contributed by atoms with E-state index in [9.17, 15) is 14.4 Å². The van der Waals surface area contributed by atoms with Crippen LogP contribution in [0.5, 0.6) is 0 Å². The number of thioether (sulfide) groups is 2. The van der Waals surface area contributed by atoms with Gasteiger partial charge in [-0.25, -0.2) is 9.59 Å². The normalized spacial score (nSPS) is 19.6. The molecule has 4 atom stereocenters. The molecule has 0 bridgehead atoms. The Labute approximate surface area is 299 Å². The predicted octanol–water partition coefficient (Wildman–Crippen LogP) is 9.32. The Morgan fingerprint density at radius 1 is 0.980 bits per heavy atom. The van der Waals surface area contributed by atoms with Crippen molar-refractivity contribution in [3.8, 4) is 0 Å². The first-order valence-corrected chi connectivity index (χ1v) is 19.1. The SMILES string of the molecule is CCOC(=O)c1c(NC(=O)C(C)Sc2cccc(NC(=O)N3c4ccccc4SC4C=CC=CC43)c2)sc2c1CCC(c1ccccc1)C2. The minimum Gasteiger partial charge on any atom is -0.462 e. The third-order valence-corrected chi connectivity index (χ3v) is 12.6. The number of benzene rings is 3. The number of anilines is 3. The summed E-state index contributed by atoms with van der Waals surface area (Å²) in [7, 11) is 0. The molecule has 10 heteroatoms. The number of fused-ring (bicyclic) bond motifs is 3. The molecule has 3 aliphatic rings. The number of carbonyl (C=O) groups excluding carboxylic acids is 3. The number of nitrogens with one attached hydrogen (secondary N) is 2. The topological polar surface area (TPSA) is 87.7 Å².